The van der Waals surface area contributed by atoms with Gasteiger partial charge in [-0.05, 0) is 61.4 Å². The molecule has 2 rings (SSSR count). The standard InChI is InChI=1S/C18H21ClN2O4S/c1-12-9-14(19)5-7-16(12)20-18(22)11-21(3)26(23,24)15-6-8-17(25-4)13(2)10-15/h5-10H,11H2,1-4H3,(H,20,22). The molecule has 0 heterocycles. The third kappa shape index (κ3) is 4.55. The number of hydrogen-bond donors (Lipinski definition) is 1. The average molecular weight is 397 g/mol. The maximum atomic E-state index is 12.7. The molecule has 2 aromatic carbocycles. The number of hydrogen-bond acceptors (Lipinski definition) is 4. The number of amides is 1. The second kappa shape index (κ2) is 8.07. The van der Waals surface area contributed by atoms with E-state index in [-0.39, 0.29) is 11.4 Å². The van der Waals surface area contributed by atoms with Gasteiger partial charge in [-0.1, -0.05) is 11.6 Å². The van der Waals surface area contributed by atoms with Gasteiger partial charge in [-0.3, -0.25) is 4.79 Å². The summed E-state index contributed by atoms with van der Waals surface area (Å²) in [5.74, 6) is 0.161. The Morgan fingerprint density at radius 1 is 1.15 bits per heavy atom. The van der Waals surface area contributed by atoms with Crippen molar-refractivity contribution in [3.05, 3.63) is 52.5 Å². The summed E-state index contributed by atoms with van der Waals surface area (Å²) >= 11 is 5.89. The number of likely N-dealkylation sites (N-methyl/N-ethyl adjacent to an activating group) is 1. The molecule has 1 N–H and O–H groups in total. The molecule has 0 bridgehead atoms. The molecule has 0 aromatic heterocycles. The Balaban J connectivity index is 2.13. The van der Waals surface area contributed by atoms with Gasteiger partial charge in [0, 0.05) is 17.8 Å². The van der Waals surface area contributed by atoms with Crippen LogP contribution in [0.3, 0.4) is 0 Å². The van der Waals surface area contributed by atoms with Crippen LogP contribution in [0.5, 0.6) is 5.75 Å². The van der Waals surface area contributed by atoms with E-state index in [0.717, 1.165) is 9.87 Å². The van der Waals surface area contributed by atoms with Crippen LogP contribution >= 0.6 is 11.6 Å². The number of aryl methyl sites for hydroxylation is 2. The highest BCUT2D eigenvalue weighted by molar-refractivity contribution is 7.89. The van der Waals surface area contributed by atoms with Crippen LogP contribution < -0.4 is 10.1 Å². The number of nitrogens with zero attached hydrogens (tertiary/aromatic N) is 1. The number of nitrogens with one attached hydrogen (secondary N) is 1. The van der Waals surface area contributed by atoms with Gasteiger partial charge in [-0.25, -0.2) is 8.42 Å². The van der Waals surface area contributed by atoms with E-state index >= 15 is 0 Å². The summed E-state index contributed by atoms with van der Waals surface area (Å²) in [5.41, 5.74) is 2.08. The van der Waals surface area contributed by atoms with Crippen LogP contribution in [0, 0.1) is 13.8 Å². The summed E-state index contributed by atoms with van der Waals surface area (Å²) in [6.07, 6.45) is 0. The lowest BCUT2D eigenvalue weighted by Crippen LogP contribution is -2.35. The first-order chi connectivity index (χ1) is 12.1. The zero-order chi connectivity index (χ0) is 19.5. The summed E-state index contributed by atoms with van der Waals surface area (Å²) < 4.78 is 31.5. The van der Waals surface area contributed by atoms with Crippen molar-refractivity contribution in [2.24, 2.45) is 0 Å². The molecular weight excluding hydrogens is 376 g/mol. The number of carbonyl (C=O) groups excluding carboxylic acids is 1. The van der Waals surface area contributed by atoms with E-state index in [4.69, 9.17) is 16.3 Å². The highest BCUT2D eigenvalue weighted by Crippen LogP contribution is 2.23. The molecule has 6 nitrogen and oxygen atoms in total. The minimum absolute atomic E-state index is 0.105. The molecule has 140 valence electrons. The van der Waals surface area contributed by atoms with Gasteiger partial charge < -0.3 is 10.1 Å². The van der Waals surface area contributed by atoms with Gasteiger partial charge in [0.2, 0.25) is 15.9 Å². The van der Waals surface area contributed by atoms with E-state index < -0.39 is 15.9 Å². The van der Waals surface area contributed by atoms with E-state index in [1.807, 2.05) is 6.92 Å². The Morgan fingerprint density at radius 3 is 2.42 bits per heavy atom. The number of rotatable bonds is 6. The van der Waals surface area contributed by atoms with Gasteiger partial charge in [0.05, 0.1) is 18.6 Å². The third-order valence-electron chi connectivity index (χ3n) is 3.90. The highest BCUT2D eigenvalue weighted by atomic mass is 35.5. The molecule has 0 aliphatic heterocycles. The Kier molecular flexibility index (Phi) is 6.28. The van der Waals surface area contributed by atoms with Crippen LogP contribution in [0.1, 0.15) is 11.1 Å². The number of methoxy groups -OCH3 is 1. The Morgan fingerprint density at radius 2 is 1.85 bits per heavy atom. The molecule has 2 aromatic rings. The fraction of sp³-hybridized carbons (Fsp3) is 0.278. The summed E-state index contributed by atoms with van der Waals surface area (Å²) in [5, 5.41) is 3.26. The predicted octanol–water partition coefficient (Wildman–Crippen LogP) is 3.22. The number of carbonyl (C=O) groups is 1. The van der Waals surface area contributed by atoms with Crippen molar-refractivity contribution in [3.8, 4) is 5.75 Å². The molecule has 0 aliphatic carbocycles. The predicted molar refractivity (Wildman–Crippen MR) is 102 cm³/mol. The Hall–Kier alpha value is -2.09. The summed E-state index contributed by atoms with van der Waals surface area (Å²) in [7, 11) is -0.911. The zero-order valence-electron chi connectivity index (χ0n) is 15.0. The number of anilines is 1. The second-order valence-electron chi connectivity index (χ2n) is 5.90. The molecule has 1 amide bonds. The fourth-order valence-electron chi connectivity index (χ4n) is 2.44. The lowest BCUT2D eigenvalue weighted by Gasteiger charge is -2.18. The summed E-state index contributed by atoms with van der Waals surface area (Å²) in [6, 6.07) is 9.62. The first kappa shape index (κ1) is 20.2. The molecule has 0 spiro atoms. The molecular formula is C18H21ClN2O4S. The summed E-state index contributed by atoms with van der Waals surface area (Å²) in [4.78, 5) is 12.3. The van der Waals surface area contributed by atoms with Crippen molar-refractivity contribution in [1.82, 2.24) is 4.31 Å². The van der Waals surface area contributed by atoms with Gasteiger partial charge >= 0.3 is 0 Å². The molecule has 0 fully saturated rings. The molecule has 0 saturated carbocycles. The van der Waals surface area contributed by atoms with Crippen molar-refractivity contribution >= 4 is 33.2 Å². The number of benzene rings is 2. The maximum absolute atomic E-state index is 12.7. The Labute approximate surface area is 158 Å². The smallest absolute Gasteiger partial charge is 0.243 e. The van der Waals surface area contributed by atoms with E-state index in [9.17, 15) is 13.2 Å². The first-order valence-electron chi connectivity index (χ1n) is 7.82. The lowest BCUT2D eigenvalue weighted by atomic mass is 10.2. The van der Waals surface area contributed by atoms with Gasteiger partial charge in [0.25, 0.3) is 0 Å². The normalized spacial score (nSPS) is 11.5. The largest absolute Gasteiger partial charge is 0.496 e. The first-order valence-corrected chi connectivity index (χ1v) is 9.64. The van der Waals surface area contributed by atoms with Crippen LogP contribution in [0.15, 0.2) is 41.3 Å². The van der Waals surface area contributed by atoms with Crippen LogP contribution in [-0.4, -0.2) is 39.3 Å². The fourth-order valence-corrected chi connectivity index (χ4v) is 3.88. The topological polar surface area (TPSA) is 75.7 Å². The molecule has 0 radical (unpaired) electrons. The third-order valence-corrected chi connectivity index (χ3v) is 5.94. The summed E-state index contributed by atoms with van der Waals surface area (Å²) in [6.45, 7) is 3.26. The molecule has 0 aliphatic rings. The van der Waals surface area contributed by atoms with Crippen molar-refractivity contribution in [2.45, 2.75) is 18.7 Å². The zero-order valence-corrected chi connectivity index (χ0v) is 16.6. The average Bonchev–Trinajstić information content (AvgIpc) is 2.57. The van der Waals surface area contributed by atoms with Crippen LogP contribution in [0.4, 0.5) is 5.69 Å². The minimum Gasteiger partial charge on any atom is -0.496 e. The van der Waals surface area contributed by atoms with Crippen LogP contribution in [0.25, 0.3) is 0 Å². The number of sulfonamides is 1. The van der Waals surface area contributed by atoms with E-state index in [0.29, 0.717) is 22.0 Å². The Bertz CT molecular complexity index is 929. The molecule has 0 unspecified atom stereocenters. The van der Waals surface area contributed by atoms with Crippen molar-refractivity contribution in [3.63, 3.8) is 0 Å². The SMILES string of the molecule is COc1ccc(S(=O)(=O)N(C)CC(=O)Nc2ccc(Cl)cc2C)cc1C. The quantitative estimate of drug-likeness (QED) is 0.813. The number of halogens is 1. The van der Waals surface area contributed by atoms with Gasteiger partial charge in [-0.15, -0.1) is 0 Å². The highest BCUT2D eigenvalue weighted by Gasteiger charge is 2.24. The van der Waals surface area contributed by atoms with Crippen LogP contribution in [0.2, 0.25) is 5.02 Å². The van der Waals surface area contributed by atoms with E-state index in [2.05, 4.69) is 5.32 Å². The monoisotopic (exact) mass is 396 g/mol. The van der Waals surface area contributed by atoms with Gasteiger partial charge in [-0.2, -0.15) is 4.31 Å². The molecule has 26 heavy (non-hydrogen) atoms. The van der Waals surface area contributed by atoms with Gasteiger partial charge in [0.15, 0.2) is 0 Å². The second-order valence-corrected chi connectivity index (χ2v) is 8.38. The van der Waals surface area contributed by atoms with Crippen molar-refractivity contribution in [2.75, 3.05) is 26.0 Å². The lowest BCUT2D eigenvalue weighted by molar-refractivity contribution is -0.116. The van der Waals surface area contributed by atoms with Gasteiger partial charge in [0.1, 0.15) is 5.75 Å². The molecule has 0 atom stereocenters. The number of ether oxygens (including phenoxy) is 1. The maximum Gasteiger partial charge on any atom is 0.243 e. The molecule has 8 heteroatoms. The van der Waals surface area contributed by atoms with Crippen molar-refractivity contribution < 1.29 is 17.9 Å². The minimum atomic E-state index is -3.79. The van der Waals surface area contributed by atoms with E-state index in [1.54, 1.807) is 31.2 Å². The van der Waals surface area contributed by atoms with Crippen molar-refractivity contribution in [1.29, 1.82) is 0 Å². The van der Waals surface area contributed by atoms with E-state index in [1.165, 1.54) is 26.3 Å². The van der Waals surface area contributed by atoms with Crippen LogP contribution in [-0.2, 0) is 14.8 Å². The molecule has 0 saturated heterocycles.